The molecule has 1 aromatic rings. The van der Waals surface area contributed by atoms with Gasteiger partial charge < -0.3 is 9.80 Å². The molecule has 0 radical (unpaired) electrons. The molecule has 1 aliphatic carbocycles. The summed E-state index contributed by atoms with van der Waals surface area (Å²) >= 11 is 0. The van der Waals surface area contributed by atoms with E-state index < -0.39 is 5.41 Å². The van der Waals surface area contributed by atoms with Crippen LogP contribution in [0.25, 0.3) is 0 Å². The zero-order valence-corrected chi connectivity index (χ0v) is 13.9. The molecule has 3 aliphatic rings. The van der Waals surface area contributed by atoms with E-state index in [2.05, 4.69) is 6.07 Å². The molecule has 1 atom stereocenters. The first-order valence-electron chi connectivity index (χ1n) is 8.78. The number of carbonyl (C=O) groups excluding carboxylic acids is 2. The lowest BCUT2D eigenvalue weighted by atomic mass is 9.67. The molecule has 0 aromatic heterocycles. The minimum atomic E-state index is -0.404. The van der Waals surface area contributed by atoms with E-state index in [0.717, 1.165) is 44.3 Å². The fourth-order valence-corrected chi connectivity index (χ4v) is 4.79. The molecule has 1 saturated heterocycles. The molecule has 4 nitrogen and oxygen atoms in total. The molecular weight excluding hydrogens is 288 g/mol. The molecule has 1 unspecified atom stereocenters. The van der Waals surface area contributed by atoms with Crippen LogP contribution in [-0.2, 0) is 16.0 Å². The summed E-state index contributed by atoms with van der Waals surface area (Å²) < 4.78 is 0. The summed E-state index contributed by atoms with van der Waals surface area (Å²) in [5.41, 5.74) is 1.87. The van der Waals surface area contributed by atoms with Crippen LogP contribution in [0, 0.1) is 5.41 Å². The van der Waals surface area contributed by atoms with Gasteiger partial charge in [-0.2, -0.15) is 0 Å². The summed E-state index contributed by atoms with van der Waals surface area (Å²) in [6.45, 7) is 4.76. The van der Waals surface area contributed by atoms with Gasteiger partial charge in [-0.3, -0.25) is 9.59 Å². The SMILES string of the molecule is CC(C)N1C(=O)C2(CCCC2)C1C(=O)N1CCc2ccccc21. The molecule has 1 spiro atoms. The summed E-state index contributed by atoms with van der Waals surface area (Å²) in [5.74, 6) is 0.334. The Morgan fingerprint density at radius 2 is 1.91 bits per heavy atom. The van der Waals surface area contributed by atoms with Crippen molar-refractivity contribution in [3.8, 4) is 0 Å². The van der Waals surface area contributed by atoms with Crippen LogP contribution < -0.4 is 4.90 Å². The van der Waals surface area contributed by atoms with Crippen molar-refractivity contribution in [2.24, 2.45) is 5.41 Å². The predicted molar refractivity (Wildman–Crippen MR) is 89.2 cm³/mol. The highest BCUT2D eigenvalue weighted by Gasteiger charge is 2.65. The Hall–Kier alpha value is -1.84. The van der Waals surface area contributed by atoms with Crippen LogP contribution in [0.15, 0.2) is 24.3 Å². The maximum atomic E-state index is 13.3. The van der Waals surface area contributed by atoms with E-state index >= 15 is 0 Å². The Labute approximate surface area is 137 Å². The molecule has 2 fully saturated rings. The number of carbonyl (C=O) groups is 2. The summed E-state index contributed by atoms with van der Waals surface area (Å²) in [5, 5.41) is 0. The number of hydrogen-bond donors (Lipinski definition) is 0. The summed E-state index contributed by atoms with van der Waals surface area (Å²) in [4.78, 5) is 29.8. The molecule has 2 amide bonds. The maximum absolute atomic E-state index is 13.3. The highest BCUT2D eigenvalue weighted by molar-refractivity contribution is 6.09. The lowest BCUT2D eigenvalue weighted by Crippen LogP contribution is -2.74. The van der Waals surface area contributed by atoms with Crippen molar-refractivity contribution in [3.05, 3.63) is 29.8 Å². The zero-order valence-electron chi connectivity index (χ0n) is 13.9. The molecule has 1 saturated carbocycles. The molecule has 122 valence electrons. The molecule has 4 heteroatoms. The van der Waals surface area contributed by atoms with Gasteiger partial charge in [-0.1, -0.05) is 31.0 Å². The number of hydrogen-bond acceptors (Lipinski definition) is 2. The number of likely N-dealkylation sites (tertiary alicyclic amines) is 1. The standard InChI is InChI=1S/C19H24N2O2/c1-13(2)21-16(19(18(21)23)10-5-6-11-19)17(22)20-12-9-14-7-3-4-8-15(14)20/h3-4,7-8,13,16H,5-6,9-12H2,1-2H3. The van der Waals surface area contributed by atoms with Gasteiger partial charge >= 0.3 is 0 Å². The third-order valence-corrected chi connectivity index (χ3v) is 5.90. The average molecular weight is 312 g/mol. The highest BCUT2D eigenvalue weighted by Crippen LogP contribution is 2.53. The predicted octanol–water partition coefficient (Wildman–Crippen LogP) is 2.76. The summed E-state index contributed by atoms with van der Waals surface area (Å²) in [6.07, 6.45) is 4.80. The molecule has 2 heterocycles. The normalized spacial score (nSPS) is 25.2. The third kappa shape index (κ3) is 1.90. The zero-order chi connectivity index (χ0) is 16.2. The van der Waals surface area contributed by atoms with E-state index in [9.17, 15) is 9.59 Å². The van der Waals surface area contributed by atoms with E-state index in [1.54, 1.807) is 0 Å². The Bertz CT molecular complexity index is 661. The van der Waals surface area contributed by atoms with E-state index in [0.29, 0.717) is 0 Å². The number of rotatable bonds is 2. The fraction of sp³-hybridized carbons (Fsp3) is 0.579. The second-order valence-corrected chi connectivity index (χ2v) is 7.44. The van der Waals surface area contributed by atoms with Gasteiger partial charge in [0.1, 0.15) is 6.04 Å². The van der Waals surface area contributed by atoms with Gasteiger partial charge in [0.05, 0.1) is 5.41 Å². The number of benzene rings is 1. The molecule has 0 bridgehead atoms. The fourth-order valence-electron chi connectivity index (χ4n) is 4.79. The number of nitrogens with zero attached hydrogens (tertiary/aromatic N) is 2. The number of fused-ring (bicyclic) bond motifs is 1. The number of β-lactam (4-membered cyclic amide) rings is 1. The molecule has 4 rings (SSSR count). The van der Waals surface area contributed by atoms with Crippen LogP contribution in [-0.4, -0.2) is 35.3 Å². The smallest absolute Gasteiger partial charge is 0.250 e. The Kier molecular flexibility index (Phi) is 3.26. The average Bonchev–Trinajstić information content (AvgIpc) is 3.18. The van der Waals surface area contributed by atoms with E-state index in [4.69, 9.17) is 0 Å². The van der Waals surface area contributed by atoms with Gasteiger partial charge in [0.2, 0.25) is 5.91 Å². The number of amides is 2. The van der Waals surface area contributed by atoms with Crippen molar-refractivity contribution in [2.75, 3.05) is 11.4 Å². The molecule has 2 aliphatic heterocycles. The monoisotopic (exact) mass is 312 g/mol. The minimum Gasteiger partial charge on any atom is -0.327 e. The van der Waals surface area contributed by atoms with Crippen LogP contribution in [0.2, 0.25) is 0 Å². The largest absolute Gasteiger partial charge is 0.327 e. The van der Waals surface area contributed by atoms with Crippen molar-refractivity contribution in [1.29, 1.82) is 0 Å². The summed E-state index contributed by atoms with van der Waals surface area (Å²) in [7, 11) is 0. The third-order valence-electron chi connectivity index (χ3n) is 5.90. The second kappa shape index (κ2) is 5.08. The van der Waals surface area contributed by atoms with Crippen LogP contribution in [0.4, 0.5) is 5.69 Å². The van der Waals surface area contributed by atoms with Gasteiger partial charge in [0.25, 0.3) is 5.91 Å². The van der Waals surface area contributed by atoms with Crippen LogP contribution >= 0.6 is 0 Å². The quantitative estimate of drug-likeness (QED) is 0.788. The highest BCUT2D eigenvalue weighted by atomic mass is 16.2. The minimum absolute atomic E-state index is 0.0838. The first-order valence-corrected chi connectivity index (χ1v) is 8.78. The van der Waals surface area contributed by atoms with Gasteiger partial charge in [-0.25, -0.2) is 0 Å². The molecular formula is C19H24N2O2. The summed E-state index contributed by atoms with van der Waals surface area (Å²) in [6, 6.07) is 7.96. The molecule has 1 aromatic carbocycles. The van der Waals surface area contributed by atoms with E-state index in [1.165, 1.54) is 5.56 Å². The van der Waals surface area contributed by atoms with E-state index in [1.807, 2.05) is 41.8 Å². The molecule has 23 heavy (non-hydrogen) atoms. The lowest BCUT2D eigenvalue weighted by molar-refractivity contribution is -0.180. The Balaban J connectivity index is 1.68. The van der Waals surface area contributed by atoms with Crippen molar-refractivity contribution in [3.63, 3.8) is 0 Å². The van der Waals surface area contributed by atoms with Gasteiger partial charge in [-0.15, -0.1) is 0 Å². The van der Waals surface area contributed by atoms with Gasteiger partial charge in [0, 0.05) is 18.3 Å². The van der Waals surface area contributed by atoms with Crippen LogP contribution in [0.1, 0.15) is 45.1 Å². The van der Waals surface area contributed by atoms with Crippen molar-refractivity contribution >= 4 is 17.5 Å². The Morgan fingerprint density at radius 3 is 2.61 bits per heavy atom. The number of para-hydroxylation sites is 1. The van der Waals surface area contributed by atoms with Crippen molar-refractivity contribution < 1.29 is 9.59 Å². The number of anilines is 1. The van der Waals surface area contributed by atoms with Gasteiger partial charge in [-0.05, 0) is 44.7 Å². The van der Waals surface area contributed by atoms with Crippen molar-refractivity contribution in [1.82, 2.24) is 4.90 Å². The maximum Gasteiger partial charge on any atom is 0.250 e. The van der Waals surface area contributed by atoms with Crippen LogP contribution in [0.5, 0.6) is 0 Å². The topological polar surface area (TPSA) is 40.6 Å². The lowest BCUT2D eigenvalue weighted by Gasteiger charge is -2.56. The van der Waals surface area contributed by atoms with E-state index in [-0.39, 0.29) is 23.9 Å². The van der Waals surface area contributed by atoms with Gasteiger partial charge in [0.15, 0.2) is 0 Å². The van der Waals surface area contributed by atoms with Crippen LogP contribution in [0.3, 0.4) is 0 Å². The second-order valence-electron chi connectivity index (χ2n) is 7.44. The van der Waals surface area contributed by atoms with Crippen molar-refractivity contribution in [2.45, 2.75) is 58.0 Å². The Morgan fingerprint density at radius 1 is 1.22 bits per heavy atom. The molecule has 0 N–H and O–H groups in total. The first kappa shape index (κ1) is 14.7. The first-order chi connectivity index (χ1) is 11.1.